The van der Waals surface area contributed by atoms with Crippen LogP contribution in [0.25, 0.3) is 0 Å². The van der Waals surface area contributed by atoms with Gasteiger partial charge in [-0.15, -0.1) is 0 Å². The Morgan fingerprint density at radius 1 is 1.54 bits per heavy atom. The van der Waals surface area contributed by atoms with Gasteiger partial charge in [0.05, 0.1) is 17.6 Å². The summed E-state index contributed by atoms with van der Waals surface area (Å²) in [4.78, 5) is 6.63. The van der Waals surface area contributed by atoms with Gasteiger partial charge in [-0.2, -0.15) is 0 Å². The van der Waals surface area contributed by atoms with Crippen molar-refractivity contribution in [1.82, 2.24) is 4.98 Å². The summed E-state index contributed by atoms with van der Waals surface area (Å²) in [5.74, 6) is 0. The lowest BCUT2D eigenvalue weighted by Gasteiger charge is -2.33. The summed E-state index contributed by atoms with van der Waals surface area (Å²) in [6.07, 6.45) is 6.45. The smallest absolute Gasteiger partial charge is 0.0765 e. The molecule has 13 heavy (non-hydrogen) atoms. The molecule has 1 N–H and O–H groups in total. The Hall–Kier alpha value is -1.25. The normalized spacial score (nSPS) is 24.9. The van der Waals surface area contributed by atoms with Crippen LogP contribution in [0.3, 0.4) is 0 Å². The van der Waals surface area contributed by atoms with Gasteiger partial charge in [-0.1, -0.05) is 0 Å². The topological polar surface area (TPSA) is 28.2 Å². The monoisotopic (exact) mass is 175 g/mol. The summed E-state index contributed by atoms with van der Waals surface area (Å²) in [5.41, 5.74) is 2.53. The number of nitrogens with one attached hydrogen (secondary N) is 1. The van der Waals surface area contributed by atoms with Crippen molar-refractivity contribution in [2.45, 2.75) is 18.9 Å². The van der Waals surface area contributed by atoms with Gasteiger partial charge in [-0.25, -0.2) is 0 Å². The van der Waals surface area contributed by atoms with E-state index < -0.39 is 0 Å². The van der Waals surface area contributed by atoms with Crippen molar-refractivity contribution in [1.29, 1.82) is 0 Å². The molecule has 1 aromatic heterocycles. The van der Waals surface area contributed by atoms with Crippen LogP contribution in [0.15, 0.2) is 18.5 Å². The van der Waals surface area contributed by atoms with E-state index in [4.69, 9.17) is 0 Å². The van der Waals surface area contributed by atoms with Crippen LogP contribution >= 0.6 is 0 Å². The highest BCUT2D eigenvalue weighted by Crippen LogP contribution is 2.34. The molecule has 1 atom stereocenters. The highest BCUT2D eigenvalue weighted by atomic mass is 15.2. The molecule has 0 aliphatic carbocycles. The molecule has 0 aromatic carbocycles. The second kappa shape index (κ2) is 2.62. The molecule has 3 heteroatoms. The van der Waals surface area contributed by atoms with E-state index >= 15 is 0 Å². The zero-order chi connectivity index (χ0) is 8.67. The van der Waals surface area contributed by atoms with Crippen molar-refractivity contribution in [3.8, 4) is 0 Å². The van der Waals surface area contributed by atoms with Crippen LogP contribution in [-0.2, 0) is 0 Å². The Balaban J connectivity index is 2.06. The lowest BCUT2D eigenvalue weighted by molar-refractivity contribution is 0.682. The van der Waals surface area contributed by atoms with Crippen LogP contribution in [0.2, 0.25) is 0 Å². The van der Waals surface area contributed by atoms with E-state index in [2.05, 4.69) is 21.3 Å². The highest BCUT2D eigenvalue weighted by Gasteiger charge is 2.29. The van der Waals surface area contributed by atoms with E-state index in [-0.39, 0.29) is 0 Å². The van der Waals surface area contributed by atoms with Crippen molar-refractivity contribution in [2.75, 3.05) is 23.3 Å². The largest absolute Gasteiger partial charge is 0.380 e. The van der Waals surface area contributed by atoms with E-state index in [1.807, 2.05) is 12.4 Å². The third-order valence-corrected chi connectivity index (χ3v) is 3.01. The summed E-state index contributed by atoms with van der Waals surface area (Å²) in [7, 11) is 0. The molecular weight excluding hydrogens is 162 g/mol. The van der Waals surface area contributed by atoms with Gasteiger partial charge >= 0.3 is 0 Å². The third-order valence-electron chi connectivity index (χ3n) is 3.01. The maximum absolute atomic E-state index is 4.12. The Bertz CT molecular complexity index is 324. The van der Waals surface area contributed by atoms with Crippen LogP contribution in [0.1, 0.15) is 12.8 Å². The van der Waals surface area contributed by atoms with Crippen LogP contribution in [0.4, 0.5) is 11.4 Å². The molecule has 2 aliphatic heterocycles. The predicted molar refractivity (Wildman–Crippen MR) is 53.1 cm³/mol. The molecule has 0 unspecified atom stereocenters. The number of hydrogen-bond acceptors (Lipinski definition) is 3. The minimum absolute atomic E-state index is 0.717. The van der Waals surface area contributed by atoms with Crippen molar-refractivity contribution in [3.63, 3.8) is 0 Å². The van der Waals surface area contributed by atoms with E-state index in [0.717, 1.165) is 12.6 Å². The van der Waals surface area contributed by atoms with Crippen LogP contribution in [0, 0.1) is 0 Å². The van der Waals surface area contributed by atoms with Gasteiger partial charge in [0.1, 0.15) is 0 Å². The molecule has 1 fully saturated rings. The van der Waals surface area contributed by atoms with Crippen LogP contribution in [-0.4, -0.2) is 24.1 Å². The van der Waals surface area contributed by atoms with Crippen LogP contribution in [0.5, 0.6) is 0 Å². The van der Waals surface area contributed by atoms with Gasteiger partial charge in [0, 0.05) is 25.3 Å². The SMILES string of the molecule is c1cc2c(cn1)NC[C@H]1CCCN21. The predicted octanol–water partition coefficient (Wildman–Crippen LogP) is 1.48. The lowest BCUT2D eigenvalue weighted by Crippen LogP contribution is -2.39. The number of rotatable bonds is 0. The number of aromatic nitrogens is 1. The van der Waals surface area contributed by atoms with Crippen molar-refractivity contribution in [2.24, 2.45) is 0 Å². The molecule has 3 nitrogen and oxygen atoms in total. The van der Waals surface area contributed by atoms with Gasteiger partial charge < -0.3 is 10.2 Å². The van der Waals surface area contributed by atoms with Gasteiger partial charge in [0.2, 0.25) is 0 Å². The molecule has 3 heterocycles. The van der Waals surface area contributed by atoms with Crippen molar-refractivity contribution >= 4 is 11.4 Å². The first-order valence-corrected chi connectivity index (χ1v) is 4.90. The average Bonchev–Trinajstić information content (AvgIpc) is 2.65. The second-order valence-electron chi connectivity index (χ2n) is 3.76. The quantitative estimate of drug-likeness (QED) is 0.647. The fourth-order valence-corrected chi connectivity index (χ4v) is 2.37. The number of hydrogen-bond donors (Lipinski definition) is 1. The summed E-state index contributed by atoms with van der Waals surface area (Å²) >= 11 is 0. The van der Waals surface area contributed by atoms with E-state index in [0.29, 0.717) is 0 Å². The molecule has 1 aromatic rings. The molecule has 3 rings (SSSR count). The maximum atomic E-state index is 4.12. The fraction of sp³-hybridized carbons (Fsp3) is 0.500. The molecule has 0 radical (unpaired) electrons. The fourth-order valence-electron chi connectivity index (χ4n) is 2.37. The first-order chi connectivity index (χ1) is 6.45. The number of pyridine rings is 1. The van der Waals surface area contributed by atoms with E-state index in [1.165, 1.54) is 30.8 Å². The van der Waals surface area contributed by atoms with Crippen molar-refractivity contribution < 1.29 is 0 Å². The number of anilines is 2. The maximum Gasteiger partial charge on any atom is 0.0765 e. The molecule has 0 amide bonds. The first-order valence-electron chi connectivity index (χ1n) is 4.90. The standard InChI is InChI=1S/C10H13N3/c1-2-8-6-12-9-7-11-4-3-10(9)13(8)5-1/h3-4,7-8,12H,1-2,5-6H2/t8-/m1/s1. The molecule has 68 valence electrons. The Morgan fingerprint density at radius 3 is 3.54 bits per heavy atom. The molecular formula is C10H13N3. The zero-order valence-corrected chi connectivity index (χ0v) is 7.53. The van der Waals surface area contributed by atoms with Gasteiger partial charge in [-0.3, -0.25) is 4.98 Å². The summed E-state index contributed by atoms with van der Waals surface area (Å²) in [5, 5.41) is 3.43. The minimum atomic E-state index is 0.717. The minimum Gasteiger partial charge on any atom is -0.380 e. The summed E-state index contributed by atoms with van der Waals surface area (Å²) in [6.45, 7) is 2.29. The summed E-state index contributed by atoms with van der Waals surface area (Å²) < 4.78 is 0. The summed E-state index contributed by atoms with van der Waals surface area (Å²) in [6, 6.07) is 2.83. The van der Waals surface area contributed by atoms with E-state index in [9.17, 15) is 0 Å². The third kappa shape index (κ3) is 0.996. The molecule has 2 aliphatic rings. The molecule has 0 saturated carbocycles. The molecule has 0 spiro atoms. The number of fused-ring (bicyclic) bond motifs is 3. The van der Waals surface area contributed by atoms with Gasteiger partial charge in [0.25, 0.3) is 0 Å². The van der Waals surface area contributed by atoms with Gasteiger partial charge in [-0.05, 0) is 18.9 Å². The molecule has 1 saturated heterocycles. The van der Waals surface area contributed by atoms with Crippen LogP contribution < -0.4 is 10.2 Å². The van der Waals surface area contributed by atoms with E-state index in [1.54, 1.807) is 0 Å². The lowest BCUT2D eigenvalue weighted by atomic mass is 10.1. The number of nitrogens with zero attached hydrogens (tertiary/aromatic N) is 2. The Morgan fingerprint density at radius 2 is 2.54 bits per heavy atom. The van der Waals surface area contributed by atoms with Gasteiger partial charge in [0.15, 0.2) is 0 Å². The average molecular weight is 175 g/mol. The Kier molecular flexibility index (Phi) is 1.45. The highest BCUT2D eigenvalue weighted by molar-refractivity contribution is 5.71. The molecule has 0 bridgehead atoms. The van der Waals surface area contributed by atoms with Crippen molar-refractivity contribution in [3.05, 3.63) is 18.5 Å². The Labute approximate surface area is 77.8 Å². The first kappa shape index (κ1) is 7.18. The zero-order valence-electron chi connectivity index (χ0n) is 7.53. The second-order valence-corrected chi connectivity index (χ2v) is 3.76.